The summed E-state index contributed by atoms with van der Waals surface area (Å²) in [6, 6.07) is 14.9. The molecule has 1 aliphatic carbocycles. The minimum atomic E-state index is -0.171. The van der Waals surface area contributed by atoms with Gasteiger partial charge in [-0.1, -0.05) is 61.8 Å². The van der Waals surface area contributed by atoms with Crippen LogP contribution in [0.2, 0.25) is 5.02 Å². The van der Waals surface area contributed by atoms with E-state index in [9.17, 15) is 9.59 Å². The first-order valence-corrected chi connectivity index (χ1v) is 14.6. The average molecular weight is 552 g/mol. The van der Waals surface area contributed by atoms with E-state index < -0.39 is 0 Å². The third-order valence-electron chi connectivity index (χ3n) is 7.03. The summed E-state index contributed by atoms with van der Waals surface area (Å²) in [6.07, 6.45) is 2.96. The third kappa shape index (κ3) is 5.49. The Labute approximate surface area is 230 Å². The van der Waals surface area contributed by atoms with Crippen LogP contribution < -0.4 is 10.9 Å². The number of fused-ring (bicyclic) bond motifs is 3. The number of amides is 1. The maximum absolute atomic E-state index is 14.0. The van der Waals surface area contributed by atoms with Crippen molar-refractivity contribution >= 4 is 56.5 Å². The van der Waals surface area contributed by atoms with E-state index in [-0.39, 0.29) is 22.6 Å². The molecule has 0 fully saturated rings. The summed E-state index contributed by atoms with van der Waals surface area (Å²) >= 11 is 8.87. The van der Waals surface area contributed by atoms with E-state index in [2.05, 4.69) is 26.1 Å². The van der Waals surface area contributed by atoms with Crippen molar-refractivity contribution < 1.29 is 4.79 Å². The van der Waals surface area contributed by atoms with Crippen molar-refractivity contribution in [2.75, 3.05) is 11.1 Å². The minimum absolute atomic E-state index is 0.0545. The van der Waals surface area contributed by atoms with E-state index in [4.69, 9.17) is 16.6 Å². The van der Waals surface area contributed by atoms with Gasteiger partial charge in [0.15, 0.2) is 5.16 Å². The molecule has 1 unspecified atom stereocenters. The Balaban J connectivity index is 1.52. The van der Waals surface area contributed by atoms with Gasteiger partial charge >= 0.3 is 0 Å². The van der Waals surface area contributed by atoms with Crippen molar-refractivity contribution in [3.05, 3.63) is 79.9 Å². The van der Waals surface area contributed by atoms with Gasteiger partial charge in [-0.15, -0.1) is 11.3 Å². The monoisotopic (exact) mass is 551 g/mol. The topological polar surface area (TPSA) is 64.0 Å². The molecule has 1 aliphatic rings. The highest BCUT2D eigenvalue weighted by atomic mass is 35.5. The molecule has 1 N–H and O–H groups in total. The smallest absolute Gasteiger partial charge is 0.267 e. The summed E-state index contributed by atoms with van der Waals surface area (Å²) in [6.45, 7) is 8.90. The minimum Gasteiger partial charge on any atom is -0.325 e. The second-order valence-electron chi connectivity index (χ2n) is 10.7. The molecule has 1 amide bonds. The van der Waals surface area contributed by atoms with Gasteiger partial charge in [-0.25, -0.2) is 4.98 Å². The van der Waals surface area contributed by atoms with Crippen molar-refractivity contribution in [3.63, 3.8) is 0 Å². The molecule has 5 rings (SSSR count). The van der Waals surface area contributed by atoms with Crippen LogP contribution in [0.1, 0.15) is 43.2 Å². The van der Waals surface area contributed by atoms with E-state index >= 15 is 0 Å². The Morgan fingerprint density at radius 3 is 2.54 bits per heavy atom. The number of thiophene rings is 1. The molecule has 2 aromatic heterocycles. The highest BCUT2D eigenvalue weighted by Crippen LogP contribution is 2.42. The Bertz CT molecular complexity index is 1520. The fourth-order valence-electron chi connectivity index (χ4n) is 4.82. The first kappa shape index (κ1) is 26.0. The van der Waals surface area contributed by atoms with Gasteiger partial charge in [0.05, 0.1) is 16.8 Å². The zero-order valence-corrected chi connectivity index (χ0v) is 23.8. The van der Waals surface area contributed by atoms with Crippen LogP contribution in [-0.2, 0) is 17.6 Å². The summed E-state index contributed by atoms with van der Waals surface area (Å²) in [5.41, 5.74) is 3.88. The largest absolute Gasteiger partial charge is 0.325 e. The summed E-state index contributed by atoms with van der Waals surface area (Å²) < 4.78 is 1.67. The predicted octanol–water partition coefficient (Wildman–Crippen LogP) is 7.29. The number of hydrogen-bond acceptors (Lipinski definition) is 5. The zero-order chi connectivity index (χ0) is 26.3. The molecule has 192 valence electrons. The maximum atomic E-state index is 14.0. The number of benzene rings is 2. The lowest BCUT2D eigenvalue weighted by atomic mass is 9.72. The summed E-state index contributed by atoms with van der Waals surface area (Å²) in [5.74, 6) is 0.539. The molecule has 0 radical (unpaired) electrons. The van der Waals surface area contributed by atoms with Gasteiger partial charge in [0, 0.05) is 15.6 Å². The summed E-state index contributed by atoms with van der Waals surface area (Å²) in [5, 5.41) is 4.76. The van der Waals surface area contributed by atoms with Gasteiger partial charge in [0.2, 0.25) is 5.91 Å². The van der Waals surface area contributed by atoms with Crippen LogP contribution in [0, 0.1) is 18.3 Å². The Morgan fingerprint density at radius 1 is 1.16 bits per heavy atom. The van der Waals surface area contributed by atoms with Crippen molar-refractivity contribution in [2.45, 2.75) is 52.1 Å². The van der Waals surface area contributed by atoms with Gasteiger partial charge in [-0.05, 0) is 79.5 Å². The van der Waals surface area contributed by atoms with Gasteiger partial charge in [-0.3, -0.25) is 14.2 Å². The number of anilines is 1. The number of carbonyl (C=O) groups is 1. The normalized spacial score (nSPS) is 15.5. The fourth-order valence-corrected chi connectivity index (χ4v) is 7.10. The molecule has 0 saturated carbocycles. The third-order valence-corrected chi connectivity index (χ3v) is 9.37. The molecular formula is C29H30ClN3O2S2. The maximum Gasteiger partial charge on any atom is 0.267 e. The Hall–Kier alpha value is -2.61. The van der Waals surface area contributed by atoms with E-state index in [0.717, 1.165) is 46.3 Å². The second-order valence-corrected chi connectivity index (χ2v) is 13.2. The lowest BCUT2D eigenvalue weighted by Crippen LogP contribution is -2.27. The molecule has 0 spiro atoms. The molecule has 5 nitrogen and oxygen atoms in total. The van der Waals surface area contributed by atoms with Crippen molar-refractivity contribution in [3.8, 4) is 5.69 Å². The lowest BCUT2D eigenvalue weighted by Gasteiger charge is -2.33. The van der Waals surface area contributed by atoms with Crippen molar-refractivity contribution in [1.29, 1.82) is 0 Å². The molecule has 37 heavy (non-hydrogen) atoms. The van der Waals surface area contributed by atoms with Crippen molar-refractivity contribution in [2.24, 2.45) is 11.3 Å². The summed E-state index contributed by atoms with van der Waals surface area (Å²) in [7, 11) is 0. The molecule has 1 atom stereocenters. The van der Waals surface area contributed by atoms with Crippen LogP contribution in [0.25, 0.3) is 15.9 Å². The molecule has 0 aliphatic heterocycles. The molecule has 4 aromatic rings. The van der Waals surface area contributed by atoms with Gasteiger partial charge in [0.1, 0.15) is 4.83 Å². The standard InChI is InChI=1S/C29H30ClN3O2S2/c1-17-5-12-21(13-6-17)33-27(35)25-22-14-7-18(29(2,3)4)15-23(22)37-26(25)32-28(33)36-16-24(34)31-20-10-8-19(30)9-11-20/h5-6,8-13,18H,7,14-16H2,1-4H3,(H,31,34). The van der Waals surface area contributed by atoms with E-state index in [1.165, 1.54) is 16.6 Å². The van der Waals surface area contributed by atoms with Crippen LogP contribution >= 0.6 is 34.7 Å². The molecule has 0 bridgehead atoms. The first-order chi connectivity index (χ1) is 17.6. The van der Waals surface area contributed by atoms with Crippen molar-refractivity contribution in [1.82, 2.24) is 9.55 Å². The molecule has 2 aromatic carbocycles. The average Bonchev–Trinajstić information content (AvgIpc) is 3.22. The Morgan fingerprint density at radius 2 is 1.86 bits per heavy atom. The number of rotatable bonds is 5. The van der Waals surface area contributed by atoms with Crippen LogP contribution in [0.3, 0.4) is 0 Å². The number of halogens is 1. The highest BCUT2D eigenvalue weighted by molar-refractivity contribution is 7.99. The quantitative estimate of drug-likeness (QED) is 0.209. The van der Waals surface area contributed by atoms with Gasteiger partial charge in [-0.2, -0.15) is 0 Å². The van der Waals surface area contributed by atoms with E-state index in [1.54, 1.807) is 40.2 Å². The second kappa shape index (κ2) is 10.3. The molecule has 8 heteroatoms. The van der Waals surface area contributed by atoms with E-state index in [1.807, 2.05) is 31.2 Å². The number of thioether (sulfide) groups is 1. The SMILES string of the molecule is Cc1ccc(-n2c(SCC(=O)Nc3ccc(Cl)cc3)nc3sc4c(c3c2=O)CCC(C(C)(C)C)C4)cc1. The van der Waals surface area contributed by atoms with Gasteiger partial charge < -0.3 is 5.32 Å². The highest BCUT2D eigenvalue weighted by Gasteiger charge is 2.32. The van der Waals surface area contributed by atoms with Crippen LogP contribution in [0.5, 0.6) is 0 Å². The number of carbonyl (C=O) groups excluding carboxylic acids is 1. The fraction of sp³-hybridized carbons (Fsp3) is 0.345. The number of nitrogens with one attached hydrogen (secondary N) is 1. The van der Waals surface area contributed by atoms with Gasteiger partial charge in [0.25, 0.3) is 5.56 Å². The first-order valence-electron chi connectivity index (χ1n) is 12.4. The Kier molecular flexibility index (Phi) is 7.22. The van der Waals surface area contributed by atoms with Crippen LogP contribution in [0.15, 0.2) is 58.5 Å². The van der Waals surface area contributed by atoms with E-state index in [0.29, 0.717) is 21.8 Å². The lowest BCUT2D eigenvalue weighted by molar-refractivity contribution is -0.113. The molecular weight excluding hydrogens is 522 g/mol. The molecule has 2 heterocycles. The number of aryl methyl sites for hydroxylation is 2. The molecule has 0 saturated heterocycles. The van der Waals surface area contributed by atoms with Crippen LogP contribution in [0.4, 0.5) is 5.69 Å². The number of nitrogens with zero attached hydrogens (tertiary/aromatic N) is 2. The number of hydrogen-bond donors (Lipinski definition) is 1. The summed E-state index contributed by atoms with van der Waals surface area (Å²) in [4.78, 5) is 33.8. The zero-order valence-electron chi connectivity index (χ0n) is 21.4. The number of aromatic nitrogens is 2. The van der Waals surface area contributed by atoms with Crippen LogP contribution in [-0.4, -0.2) is 21.2 Å². The predicted molar refractivity (Wildman–Crippen MR) is 156 cm³/mol.